The summed E-state index contributed by atoms with van der Waals surface area (Å²) in [4.78, 5) is 0. The van der Waals surface area contributed by atoms with E-state index in [4.69, 9.17) is 9.47 Å². The van der Waals surface area contributed by atoms with Crippen molar-refractivity contribution in [2.24, 2.45) is 0 Å². The summed E-state index contributed by atoms with van der Waals surface area (Å²) in [6, 6.07) is 26.7. The van der Waals surface area contributed by atoms with Gasteiger partial charge >= 0.3 is 0 Å². The number of methoxy groups -OCH3 is 1. The van der Waals surface area contributed by atoms with E-state index in [0.717, 1.165) is 28.2 Å². The first-order valence-corrected chi connectivity index (χ1v) is 8.41. The molecule has 1 aliphatic heterocycles. The summed E-state index contributed by atoms with van der Waals surface area (Å²) in [5.74, 6) is 1.54. The fourth-order valence-electron chi connectivity index (χ4n) is 3.36. The summed E-state index contributed by atoms with van der Waals surface area (Å²) >= 11 is 0. The first-order chi connectivity index (χ1) is 12.2. The first kappa shape index (κ1) is 15.5. The highest BCUT2D eigenvalue weighted by Crippen LogP contribution is 2.47. The van der Waals surface area contributed by atoms with Crippen molar-refractivity contribution in [2.75, 3.05) is 7.11 Å². The SMILES string of the molecule is COc1cccc2c1OC(C)(c1ccccc1)C=C2c1ccccc1. The molecule has 25 heavy (non-hydrogen) atoms. The average molecular weight is 328 g/mol. The second kappa shape index (κ2) is 6.14. The minimum absolute atomic E-state index is 0.561. The third kappa shape index (κ3) is 2.70. The Hall–Kier alpha value is -3.00. The van der Waals surface area contributed by atoms with Crippen LogP contribution in [-0.4, -0.2) is 7.11 Å². The molecule has 1 aliphatic rings. The molecule has 124 valence electrons. The van der Waals surface area contributed by atoms with Crippen LogP contribution in [0, 0.1) is 0 Å². The summed E-state index contributed by atoms with van der Waals surface area (Å²) in [5.41, 5.74) is 3.93. The Morgan fingerprint density at radius 3 is 2.16 bits per heavy atom. The molecule has 1 atom stereocenters. The monoisotopic (exact) mass is 328 g/mol. The van der Waals surface area contributed by atoms with Gasteiger partial charge in [0.1, 0.15) is 0 Å². The molecule has 2 nitrogen and oxygen atoms in total. The van der Waals surface area contributed by atoms with Gasteiger partial charge in [-0.25, -0.2) is 0 Å². The maximum absolute atomic E-state index is 6.48. The Morgan fingerprint density at radius 2 is 1.48 bits per heavy atom. The number of rotatable bonds is 3. The van der Waals surface area contributed by atoms with Gasteiger partial charge in [0.15, 0.2) is 17.1 Å². The second-order valence-corrected chi connectivity index (χ2v) is 6.34. The third-order valence-corrected chi connectivity index (χ3v) is 4.65. The van der Waals surface area contributed by atoms with Crippen molar-refractivity contribution < 1.29 is 9.47 Å². The summed E-state index contributed by atoms with van der Waals surface area (Å²) in [6.07, 6.45) is 2.21. The van der Waals surface area contributed by atoms with E-state index in [0.29, 0.717) is 0 Å². The average Bonchev–Trinajstić information content (AvgIpc) is 2.68. The Morgan fingerprint density at radius 1 is 0.800 bits per heavy atom. The quantitative estimate of drug-likeness (QED) is 0.638. The number of fused-ring (bicyclic) bond motifs is 1. The van der Waals surface area contributed by atoms with Gasteiger partial charge in [0.25, 0.3) is 0 Å². The van der Waals surface area contributed by atoms with Crippen molar-refractivity contribution in [2.45, 2.75) is 12.5 Å². The summed E-state index contributed by atoms with van der Waals surface area (Å²) in [7, 11) is 1.68. The predicted octanol–water partition coefficient (Wildman–Crippen LogP) is 5.43. The van der Waals surface area contributed by atoms with E-state index in [1.165, 1.54) is 5.56 Å². The zero-order valence-electron chi connectivity index (χ0n) is 14.4. The van der Waals surface area contributed by atoms with Crippen LogP contribution in [0.4, 0.5) is 0 Å². The maximum atomic E-state index is 6.48. The molecule has 3 aromatic rings. The third-order valence-electron chi connectivity index (χ3n) is 4.65. The lowest BCUT2D eigenvalue weighted by atomic mass is 9.85. The van der Waals surface area contributed by atoms with Crippen LogP contribution in [0.1, 0.15) is 23.6 Å². The molecule has 1 heterocycles. The second-order valence-electron chi connectivity index (χ2n) is 6.34. The van der Waals surface area contributed by atoms with E-state index in [1.807, 2.05) is 36.4 Å². The maximum Gasteiger partial charge on any atom is 0.170 e. The molecule has 0 radical (unpaired) electrons. The first-order valence-electron chi connectivity index (χ1n) is 8.41. The number of benzene rings is 3. The molecule has 0 bridgehead atoms. The van der Waals surface area contributed by atoms with Gasteiger partial charge in [0.05, 0.1) is 7.11 Å². The zero-order chi connectivity index (χ0) is 17.3. The summed E-state index contributed by atoms with van der Waals surface area (Å²) in [5, 5.41) is 0. The van der Waals surface area contributed by atoms with Crippen molar-refractivity contribution in [1.29, 1.82) is 0 Å². The Kier molecular flexibility index (Phi) is 3.81. The largest absolute Gasteiger partial charge is 0.493 e. The highest BCUT2D eigenvalue weighted by molar-refractivity contribution is 5.86. The minimum Gasteiger partial charge on any atom is -0.493 e. The van der Waals surface area contributed by atoms with Crippen LogP contribution in [0.25, 0.3) is 5.57 Å². The molecule has 0 spiro atoms. The lowest BCUT2D eigenvalue weighted by molar-refractivity contribution is 0.131. The van der Waals surface area contributed by atoms with Gasteiger partial charge in [-0.15, -0.1) is 0 Å². The van der Waals surface area contributed by atoms with Gasteiger partial charge in [0, 0.05) is 5.56 Å². The molecular weight excluding hydrogens is 308 g/mol. The van der Waals surface area contributed by atoms with Crippen molar-refractivity contribution in [3.8, 4) is 11.5 Å². The smallest absolute Gasteiger partial charge is 0.170 e. The molecule has 0 amide bonds. The molecule has 0 aliphatic carbocycles. The van der Waals surface area contributed by atoms with E-state index in [1.54, 1.807) is 7.11 Å². The molecule has 1 unspecified atom stereocenters. The number of ether oxygens (including phenoxy) is 2. The topological polar surface area (TPSA) is 18.5 Å². The van der Waals surface area contributed by atoms with Gasteiger partial charge in [-0.3, -0.25) is 0 Å². The van der Waals surface area contributed by atoms with Crippen LogP contribution in [0.5, 0.6) is 11.5 Å². The summed E-state index contributed by atoms with van der Waals surface area (Å²) in [6.45, 7) is 2.10. The van der Waals surface area contributed by atoms with Gasteiger partial charge in [-0.2, -0.15) is 0 Å². The predicted molar refractivity (Wildman–Crippen MR) is 101 cm³/mol. The van der Waals surface area contributed by atoms with E-state index < -0.39 is 5.60 Å². The van der Waals surface area contributed by atoms with E-state index in [-0.39, 0.29) is 0 Å². The normalized spacial score (nSPS) is 18.7. The van der Waals surface area contributed by atoms with Crippen LogP contribution in [0.15, 0.2) is 84.9 Å². The van der Waals surface area contributed by atoms with Crippen LogP contribution in [0.3, 0.4) is 0 Å². The van der Waals surface area contributed by atoms with Gasteiger partial charge in [-0.1, -0.05) is 72.8 Å². The van der Waals surface area contributed by atoms with E-state index in [2.05, 4.69) is 55.5 Å². The molecule has 4 rings (SSSR count). The molecule has 2 heteroatoms. The number of para-hydroxylation sites is 1. The highest BCUT2D eigenvalue weighted by Gasteiger charge is 2.34. The van der Waals surface area contributed by atoms with Crippen LogP contribution in [0.2, 0.25) is 0 Å². The van der Waals surface area contributed by atoms with Crippen LogP contribution < -0.4 is 9.47 Å². The number of hydrogen-bond donors (Lipinski definition) is 0. The Labute approximate surface area is 148 Å². The molecule has 0 saturated heterocycles. The van der Waals surface area contributed by atoms with Crippen molar-refractivity contribution >= 4 is 5.57 Å². The van der Waals surface area contributed by atoms with Crippen molar-refractivity contribution in [3.63, 3.8) is 0 Å². The van der Waals surface area contributed by atoms with Crippen LogP contribution in [-0.2, 0) is 5.60 Å². The van der Waals surface area contributed by atoms with Gasteiger partial charge in [0.2, 0.25) is 0 Å². The molecule has 3 aromatic carbocycles. The highest BCUT2D eigenvalue weighted by atomic mass is 16.5. The molecule has 0 fully saturated rings. The fourth-order valence-corrected chi connectivity index (χ4v) is 3.36. The van der Waals surface area contributed by atoms with Crippen molar-refractivity contribution in [1.82, 2.24) is 0 Å². The Bertz CT molecular complexity index is 913. The standard InChI is InChI=1S/C23H20O2/c1-23(18-12-7-4-8-13-18)16-20(17-10-5-3-6-11-17)19-14-9-15-21(24-2)22(19)25-23/h3-16H,1-2H3. The zero-order valence-corrected chi connectivity index (χ0v) is 14.4. The molecule has 0 N–H and O–H groups in total. The molecular formula is C23H20O2. The van der Waals surface area contributed by atoms with Crippen LogP contribution >= 0.6 is 0 Å². The summed E-state index contributed by atoms with van der Waals surface area (Å²) < 4.78 is 12.1. The fraction of sp³-hybridized carbons (Fsp3) is 0.130. The lowest BCUT2D eigenvalue weighted by Crippen LogP contribution is -2.30. The number of hydrogen-bond acceptors (Lipinski definition) is 2. The lowest BCUT2D eigenvalue weighted by Gasteiger charge is -2.35. The molecule has 0 aromatic heterocycles. The van der Waals surface area contributed by atoms with Gasteiger partial charge in [-0.05, 0) is 35.8 Å². The van der Waals surface area contributed by atoms with E-state index in [9.17, 15) is 0 Å². The van der Waals surface area contributed by atoms with Crippen molar-refractivity contribution in [3.05, 3.63) is 102 Å². The Balaban J connectivity index is 1.96. The molecule has 0 saturated carbocycles. The van der Waals surface area contributed by atoms with E-state index >= 15 is 0 Å². The van der Waals surface area contributed by atoms with Gasteiger partial charge < -0.3 is 9.47 Å². The minimum atomic E-state index is -0.561.